The van der Waals surface area contributed by atoms with E-state index in [2.05, 4.69) is 18.0 Å². The van der Waals surface area contributed by atoms with E-state index >= 15 is 0 Å². The maximum atomic E-state index is 11.0. The molecule has 1 atom stereocenters. The molecular weight excluding hydrogens is 259 g/mol. The van der Waals surface area contributed by atoms with Crippen molar-refractivity contribution in [1.82, 2.24) is 0 Å². The van der Waals surface area contributed by atoms with Gasteiger partial charge < -0.3 is 14.5 Å². The van der Waals surface area contributed by atoms with Crippen LogP contribution < -0.4 is 0 Å². The molecule has 0 aliphatic rings. The van der Waals surface area contributed by atoms with Gasteiger partial charge in [-0.3, -0.25) is 4.52 Å². The standard InChI is InChI=1S/C11H21O6P/c1-3-5-6-7-8-10(17-11(12)4-2)9-16-18(13,14)15/h4,10H,2-3,5-9H2,1H3,(H2,13,14,15). The van der Waals surface area contributed by atoms with Crippen molar-refractivity contribution in [2.24, 2.45) is 0 Å². The van der Waals surface area contributed by atoms with Crippen molar-refractivity contribution < 1.29 is 28.4 Å². The fourth-order valence-electron chi connectivity index (χ4n) is 1.37. The number of hydrogen-bond donors (Lipinski definition) is 2. The zero-order chi connectivity index (χ0) is 14.0. The SMILES string of the molecule is C=CC(=O)OC(CCCCCC)COP(=O)(O)O. The third-order valence-electron chi connectivity index (χ3n) is 2.26. The highest BCUT2D eigenvalue weighted by molar-refractivity contribution is 7.46. The van der Waals surface area contributed by atoms with Gasteiger partial charge in [-0.05, 0) is 12.8 Å². The fraction of sp³-hybridized carbons (Fsp3) is 0.727. The van der Waals surface area contributed by atoms with Crippen molar-refractivity contribution in [3.63, 3.8) is 0 Å². The third kappa shape index (κ3) is 10.5. The van der Waals surface area contributed by atoms with Gasteiger partial charge in [0.1, 0.15) is 6.10 Å². The average Bonchev–Trinajstić information content (AvgIpc) is 2.29. The molecule has 0 aromatic carbocycles. The summed E-state index contributed by atoms with van der Waals surface area (Å²) in [5.41, 5.74) is 0. The molecule has 6 nitrogen and oxygen atoms in total. The van der Waals surface area contributed by atoms with Crippen molar-refractivity contribution in [2.45, 2.75) is 45.1 Å². The molecule has 0 aromatic heterocycles. The topological polar surface area (TPSA) is 93.1 Å². The number of carbonyl (C=O) groups is 1. The summed E-state index contributed by atoms with van der Waals surface area (Å²) < 4.78 is 19.9. The molecule has 0 aliphatic carbocycles. The normalized spacial score (nSPS) is 13.1. The van der Waals surface area contributed by atoms with Gasteiger partial charge in [-0.25, -0.2) is 9.36 Å². The molecule has 7 heteroatoms. The first-order valence-electron chi connectivity index (χ1n) is 5.92. The van der Waals surface area contributed by atoms with Crippen molar-refractivity contribution in [3.05, 3.63) is 12.7 Å². The zero-order valence-corrected chi connectivity index (χ0v) is 11.5. The molecule has 0 saturated heterocycles. The number of phosphoric ester groups is 1. The second kappa shape index (κ2) is 9.28. The Labute approximate surface area is 107 Å². The van der Waals surface area contributed by atoms with Crippen LogP contribution in [0.4, 0.5) is 0 Å². The average molecular weight is 280 g/mol. The summed E-state index contributed by atoms with van der Waals surface area (Å²) in [5, 5.41) is 0. The van der Waals surface area contributed by atoms with Crippen LogP contribution in [0.15, 0.2) is 12.7 Å². The Morgan fingerprint density at radius 1 is 1.39 bits per heavy atom. The number of carbonyl (C=O) groups excluding carboxylic acids is 1. The monoisotopic (exact) mass is 280 g/mol. The maximum absolute atomic E-state index is 11.0. The lowest BCUT2D eigenvalue weighted by Crippen LogP contribution is -2.22. The highest BCUT2D eigenvalue weighted by Gasteiger charge is 2.20. The quantitative estimate of drug-likeness (QED) is 0.276. The lowest BCUT2D eigenvalue weighted by molar-refractivity contribution is -0.145. The van der Waals surface area contributed by atoms with E-state index in [1.807, 2.05) is 0 Å². The Bertz CT molecular complexity index is 298. The van der Waals surface area contributed by atoms with Gasteiger partial charge in [0.15, 0.2) is 0 Å². The molecule has 0 radical (unpaired) electrons. The summed E-state index contributed by atoms with van der Waals surface area (Å²) >= 11 is 0. The van der Waals surface area contributed by atoms with Gasteiger partial charge in [0.2, 0.25) is 0 Å². The van der Waals surface area contributed by atoms with Crippen molar-refractivity contribution in [2.75, 3.05) is 6.61 Å². The predicted molar refractivity (Wildman–Crippen MR) is 66.8 cm³/mol. The Balaban J connectivity index is 4.11. The van der Waals surface area contributed by atoms with Crippen LogP contribution >= 0.6 is 7.82 Å². The first kappa shape index (κ1) is 17.3. The smallest absolute Gasteiger partial charge is 0.457 e. The first-order chi connectivity index (χ1) is 8.39. The molecule has 1 unspecified atom stereocenters. The number of ether oxygens (including phenoxy) is 1. The molecule has 106 valence electrons. The molecule has 0 aromatic rings. The number of unbranched alkanes of at least 4 members (excludes halogenated alkanes) is 3. The summed E-state index contributed by atoms with van der Waals surface area (Å²) in [7, 11) is -4.53. The van der Waals surface area contributed by atoms with E-state index in [0.29, 0.717) is 6.42 Å². The third-order valence-corrected chi connectivity index (χ3v) is 2.74. The van der Waals surface area contributed by atoms with Gasteiger partial charge >= 0.3 is 13.8 Å². The van der Waals surface area contributed by atoms with Crippen LogP contribution in [0.1, 0.15) is 39.0 Å². The number of rotatable bonds is 10. The van der Waals surface area contributed by atoms with Gasteiger partial charge in [-0.1, -0.05) is 32.8 Å². The van der Waals surface area contributed by atoms with E-state index in [9.17, 15) is 9.36 Å². The van der Waals surface area contributed by atoms with Gasteiger partial charge in [0.05, 0.1) is 6.61 Å². The second-order valence-corrected chi connectivity index (χ2v) is 5.14. The summed E-state index contributed by atoms with van der Waals surface area (Å²) in [6.45, 7) is 5.03. The Morgan fingerprint density at radius 2 is 2.06 bits per heavy atom. The van der Waals surface area contributed by atoms with E-state index in [0.717, 1.165) is 31.8 Å². The summed E-state index contributed by atoms with van der Waals surface area (Å²) in [6, 6.07) is 0. The summed E-state index contributed by atoms with van der Waals surface area (Å²) in [5.74, 6) is -0.621. The van der Waals surface area contributed by atoms with E-state index < -0.39 is 19.9 Å². The predicted octanol–water partition coefficient (Wildman–Crippen LogP) is 2.16. The summed E-state index contributed by atoms with van der Waals surface area (Å²) in [6.07, 6.45) is 4.82. The molecular formula is C11H21O6P. The van der Waals surface area contributed by atoms with Gasteiger partial charge in [-0.15, -0.1) is 0 Å². The minimum Gasteiger partial charge on any atom is -0.457 e. The molecule has 0 heterocycles. The van der Waals surface area contributed by atoms with Gasteiger partial charge in [-0.2, -0.15) is 0 Å². The fourth-order valence-corrected chi connectivity index (χ4v) is 1.73. The highest BCUT2D eigenvalue weighted by Crippen LogP contribution is 2.36. The van der Waals surface area contributed by atoms with Crippen LogP contribution in [0.25, 0.3) is 0 Å². The van der Waals surface area contributed by atoms with E-state index in [1.165, 1.54) is 0 Å². The largest absolute Gasteiger partial charge is 0.469 e. The van der Waals surface area contributed by atoms with Crippen molar-refractivity contribution in [1.29, 1.82) is 0 Å². The zero-order valence-electron chi connectivity index (χ0n) is 10.6. The van der Waals surface area contributed by atoms with Crippen molar-refractivity contribution >= 4 is 13.8 Å². The number of esters is 1. The van der Waals surface area contributed by atoms with Crippen LogP contribution in [0.2, 0.25) is 0 Å². The molecule has 18 heavy (non-hydrogen) atoms. The van der Waals surface area contributed by atoms with Crippen molar-refractivity contribution in [3.8, 4) is 0 Å². The number of hydrogen-bond acceptors (Lipinski definition) is 4. The molecule has 0 spiro atoms. The lowest BCUT2D eigenvalue weighted by atomic mass is 10.1. The first-order valence-corrected chi connectivity index (χ1v) is 7.45. The second-order valence-electron chi connectivity index (χ2n) is 3.90. The molecule has 0 bridgehead atoms. The van der Waals surface area contributed by atoms with E-state index in [4.69, 9.17) is 14.5 Å². The minimum absolute atomic E-state index is 0.310. The van der Waals surface area contributed by atoms with Crippen LogP contribution in [0.3, 0.4) is 0 Å². The van der Waals surface area contributed by atoms with E-state index in [-0.39, 0.29) is 6.61 Å². The highest BCUT2D eigenvalue weighted by atomic mass is 31.2. The Morgan fingerprint density at radius 3 is 2.56 bits per heavy atom. The Hall–Kier alpha value is -0.680. The molecule has 0 rings (SSSR count). The molecule has 0 saturated carbocycles. The van der Waals surface area contributed by atoms with Crippen LogP contribution in [0, 0.1) is 0 Å². The van der Waals surface area contributed by atoms with E-state index in [1.54, 1.807) is 0 Å². The van der Waals surface area contributed by atoms with Crippen LogP contribution in [-0.2, 0) is 18.6 Å². The minimum atomic E-state index is -4.53. The Kier molecular flexibility index (Phi) is 8.93. The van der Waals surface area contributed by atoms with Gasteiger partial charge in [0, 0.05) is 6.08 Å². The molecule has 2 N–H and O–H groups in total. The number of phosphoric acid groups is 1. The van der Waals surface area contributed by atoms with Crippen LogP contribution in [-0.4, -0.2) is 28.5 Å². The maximum Gasteiger partial charge on any atom is 0.469 e. The van der Waals surface area contributed by atoms with Crippen LogP contribution in [0.5, 0.6) is 0 Å². The summed E-state index contributed by atoms with van der Waals surface area (Å²) in [4.78, 5) is 28.2. The molecule has 0 fully saturated rings. The molecule has 0 aliphatic heterocycles. The lowest BCUT2D eigenvalue weighted by Gasteiger charge is -2.17. The molecule has 0 amide bonds. The van der Waals surface area contributed by atoms with Gasteiger partial charge in [0.25, 0.3) is 0 Å².